The molecule has 1 fully saturated rings. The van der Waals surface area contributed by atoms with E-state index < -0.39 is 0 Å². The number of hydrogen-bond acceptors (Lipinski definition) is 5. The van der Waals surface area contributed by atoms with Crippen molar-refractivity contribution in [1.29, 1.82) is 0 Å². The maximum Gasteiger partial charge on any atom is 0.220 e. The number of benzene rings is 2. The van der Waals surface area contributed by atoms with Crippen LogP contribution >= 0.6 is 0 Å². The van der Waals surface area contributed by atoms with Crippen LogP contribution in [0.4, 0.5) is 0 Å². The van der Waals surface area contributed by atoms with E-state index in [1.54, 1.807) is 20.3 Å². The minimum Gasteiger partial charge on any atom is -0.493 e. The molecule has 5 rings (SSSR count). The molecule has 3 aliphatic rings. The predicted octanol–water partition coefficient (Wildman–Crippen LogP) is 3.81. The van der Waals surface area contributed by atoms with Crippen LogP contribution in [-0.4, -0.2) is 44.5 Å². The van der Waals surface area contributed by atoms with Crippen molar-refractivity contribution in [3.05, 3.63) is 82.6 Å². The molecule has 2 bridgehead atoms. The lowest BCUT2D eigenvalue weighted by molar-refractivity contribution is -0.114. The number of carbonyl (C=O) groups excluding carboxylic acids is 1. The number of fused-ring (bicyclic) bond motifs is 1. The van der Waals surface area contributed by atoms with Crippen molar-refractivity contribution in [2.24, 2.45) is 0 Å². The van der Waals surface area contributed by atoms with Gasteiger partial charge in [-0.3, -0.25) is 9.69 Å². The third-order valence-electron chi connectivity index (χ3n) is 6.91. The van der Waals surface area contributed by atoms with Crippen molar-refractivity contribution in [2.75, 3.05) is 27.8 Å². The van der Waals surface area contributed by atoms with Crippen LogP contribution in [0.3, 0.4) is 0 Å². The number of hydrogen-bond donors (Lipinski definition) is 0. The van der Waals surface area contributed by atoms with Gasteiger partial charge in [-0.25, -0.2) is 0 Å². The summed E-state index contributed by atoms with van der Waals surface area (Å²) in [5, 5.41) is 0. The van der Waals surface area contributed by atoms with Crippen molar-refractivity contribution in [2.45, 2.75) is 30.9 Å². The second-order valence-electron chi connectivity index (χ2n) is 8.53. The molecule has 0 amide bonds. The number of rotatable bonds is 5. The van der Waals surface area contributed by atoms with E-state index in [0.29, 0.717) is 18.1 Å². The number of piperidine rings is 1. The van der Waals surface area contributed by atoms with Crippen LogP contribution in [0.25, 0.3) is 0 Å². The Kier molecular flexibility index (Phi) is 4.86. The van der Waals surface area contributed by atoms with E-state index in [2.05, 4.69) is 36.2 Å². The van der Waals surface area contributed by atoms with Gasteiger partial charge in [0.15, 0.2) is 17.3 Å². The van der Waals surface area contributed by atoms with Gasteiger partial charge in [-0.1, -0.05) is 30.3 Å². The van der Waals surface area contributed by atoms with Crippen LogP contribution < -0.4 is 9.47 Å². The lowest BCUT2D eigenvalue weighted by Crippen LogP contribution is -2.54. The Balaban J connectivity index is 1.60. The minimum atomic E-state index is -0.338. The molecule has 2 aromatic carbocycles. The van der Waals surface area contributed by atoms with Crippen molar-refractivity contribution < 1.29 is 19.0 Å². The average Bonchev–Trinajstić information content (AvgIpc) is 2.80. The monoisotopic (exact) mass is 417 g/mol. The van der Waals surface area contributed by atoms with Crippen LogP contribution in [0.1, 0.15) is 23.1 Å². The zero-order valence-electron chi connectivity index (χ0n) is 18.2. The summed E-state index contributed by atoms with van der Waals surface area (Å²) in [5.74, 6) is 1.83. The SMILES string of the molecule is COC1=C[C@]23CCN(C)[C@H](Cc4cc(OCc5ccccc5)c(OC)cc42)C3=CC1=O. The highest BCUT2D eigenvalue weighted by Gasteiger charge is 2.50. The molecular weight excluding hydrogens is 390 g/mol. The number of likely N-dealkylation sites (tertiary alicyclic amines) is 1. The number of methoxy groups -OCH3 is 2. The fraction of sp³-hybridized carbons (Fsp3) is 0.346. The molecule has 0 saturated carbocycles. The highest BCUT2D eigenvalue weighted by molar-refractivity contribution is 6.05. The Hall–Kier alpha value is -3.05. The summed E-state index contributed by atoms with van der Waals surface area (Å²) in [6.45, 7) is 1.44. The number of allylic oxidation sites excluding steroid dienone is 2. The molecule has 2 aromatic rings. The van der Waals surface area contributed by atoms with E-state index in [0.717, 1.165) is 30.7 Å². The van der Waals surface area contributed by atoms with Gasteiger partial charge < -0.3 is 14.2 Å². The molecule has 31 heavy (non-hydrogen) atoms. The van der Waals surface area contributed by atoms with Gasteiger partial charge in [0.2, 0.25) is 5.78 Å². The molecular formula is C26H27NO4. The van der Waals surface area contributed by atoms with Gasteiger partial charge in [-0.15, -0.1) is 0 Å². The van der Waals surface area contributed by atoms with E-state index in [-0.39, 0.29) is 17.2 Å². The Bertz CT molecular complexity index is 1090. The van der Waals surface area contributed by atoms with Crippen molar-refractivity contribution in [3.63, 3.8) is 0 Å². The van der Waals surface area contributed by atoms with E-state index in [1.807, 2.05) is 24.3 Å². The third kappa shape index (κ3) is 3.15. The van der Waals surface area contributed by atoms with Gasteiger partial charge in [0.05, 0.1) is 14.2 Å². The molecule has 0 radical (unpaired) electrons. The molecule has 0 spiro atoms. The van der Waals surface area contributed by atoms with E-state index in [1.165, 1.54) is 16.7 Å². The molecule has 2 aliphatic carbocycles. The van der Waals surface area contributed by atoms with Crippen LogP contribution in [0, 0.1) is 0 Å². The zero-order valence-corrected chi connectivity index (χ0v) is 18.2. The minimum absolute atomic E-state index is 0.0494. The average molecular weight is 418 g/mol. The van der Waals surface area contributed by atoms with E-state index >= 15 is 0 Å². The van der Waals surface area contributed by atoms with Crippen LogP contribution in [0.15, 0.2) is 65.9 Å². The van der Waals surface area contributed by atoms with Gasteiger partial charge in [0, 0.05) is 11.5 Å². The maximum absolute atomic E-state index is 12.6. The van der Waals surface area contributed by atoms with E-state index in [9.17, 15) is 4.79 Å². The first-order valence-electron chi connectivity index (χ1n) is 10.7. The van der Waals surface area contributed by atoms with Crippen molar-refractivity contribution >= 4 is 5.78 Å². The summed E-state index contributed by atoms with van der Waals surface area (Å²) in [6.07, 6.45) is 5.57. The maximum atomic E-state index is 12.6. The van der Waals surface area contributed by atoms with Gasteiger partial charge in [-0.2, -0.15) is 0 Å². The van der Waals surface area contributed by atoms with Crippen molar-refractivity contribution in [3.8, 4) is 11.5 Å². The van der Waals surface area contributed by atoms with Crippen LogP contribution in [0.2, 0.25) is 0 Å². The first kappa shape index (κ1) is 19.9. The predicted molar refractivity (Wildman–Crippen MR) is 118 cm³/mol. The Morgan fingerprint density at radius 1 is 1.10 bits per heavy atom. The number of ketones is 1. The lowest BCUT2D eigenvalue weighted by atomic mass is 9.59. The molecule has 1 aliphatic heterocycles. The van der Waals surface area contributed by atoms with Crippen LogP contribution in [-0.2, 0) is 28.0 Å². The van der Waals surface area contributed by atoms with Crippen molar-refractivity contribution in [1.82, 2.24) is 4.90 Å². The normalized spacial score (nSPS) is 24.5. The van der Waals surface area contributed by atoms with Gasteiger partial charge in [0.25, 0.3) is 0 Å². The fourth-order valence-corrected chi connectivity index (χ4v) is 5.27. The number of ether oxygens (including phenoxy) is 3. The molecule has 1 heterocycles. The summed E-state index contributed by atoms with van der Waals surface area (Å²) >= 11 is 0. The molecule has 0 aromatic heterocycles. The molecule has 5 nitrogen and oxygen atoms in total. The van der Waals surface area contributed by atoms with Gasteiger partial charge >= 0.3 is 0 Å². The van der Waals surface area contributed by atoms with Crippen LogP contribution in [0.5, 0.6) is 11.5 Å². The molecule has 0 N–H and O–H groups in total. The largest absolute Gasteiger partial charge is 0.493 e. The summed E-state index contributed by atoms with van der Waals surface area (Å²) in [5.41, 5.74) is 4.36. The summed E-state index contributed by atoms with van der Waals surface area (Å²) in [6, 6.07) is 14.5. The highest BCUT2D eigenvalue weighted by atomic mass is 16.5. The fourth-order valence-electron chi connectivity index (χ4n) is 5.27. The standard InChI is InChI=1S/C26H27NO4/c1-27-10-9-26-15-25(30-3)22(28)13-20(26)21(27)11-18-12-24(23(29-2)14-19(18)26)31-16-17-7-5-4-6-8-17/h4-8,12-15,21H,9-11,16H2,1-3H3/t21-,26-/m1/s1. The Morgan fingerprint density at radius 3 is 2.65 bits per heavy atom. The Labute approximate surface area is 182 Å². The molecule has 160 valence electrons. The highest BCUT2D eigenvalue weighted by Crippen LogP contribution is 2.53. The smallest absolute Gasteiger partial charge is 0.220 e. The second kappa shape index (κ2) is 7.57. The van der Waals surface area contributed by atoms with Gasteiger partial charge in [-0.05, 0) is 73.0 Å². The number of likely N-dealkylation sites (N-methyl/N-ethyl adjacent to an activating group) is 1. The zero-order chi connectivity index (χ0) is 21.6. The number of carbonyl (C=O) groups is 1. The second-order valence-corrected chi connectivity index (χ2v) is 8.53. The third-order valence-corrected chi connectivity index (χ3v) is 6.91. The van der Waals surface area contributed by atoms with E-state index in [4.69, 9.17) is 14.2 Å². The topological polar surface area (TPSA) is 48.0 Å². The number of nitrogens with zero attached hydrogens (tertiary/aromatic N) is 1. The van der Waals surface area contributed by atoms with Gasteiger partial charge in [0.1, 0.15) is 6.61 Å². The summed E-state index contributed by atoms with van der Waals surface area (Å²) in [7, 11) is 5.37. The Morgan fingerprint density at radius 2 is 1.90 bits per heavy atom. The first-order chi connectivity index (χ1) is 15.1. The quantitative estimate of drug-likeness (QED) is 0.740. The molecule has 2 atom stereocenters. The molecule has 5 heteroatoms. The summed E-state index contributed by atoms with van der Waals surface area (Å²) < 4.78 is 17.4. The summed E-state index contributed by atoms with van der Waals surface area (Å²) in [4.78, 5) is 14.9. The molecule has 1 saturated heterocycles. The first-order valence-corrected chi connectivity index (χ1v) is 10.7. The lowest BCUT2D eigenvalue weighted by Gasteiger charge is -2.52. The molecule has 0 unspecified atom stereocenters.